The summed E-state index contributed by atoms with van der Waals surface area (Å²) in [6.07, 6.45) is 0. The molecular formula is C20H27N5O2. The maximum Gasteiger partial charge on any atom is 0.271 e. The number of ether oxygens (including phenoxy) is 1. The lowest BCUT2D eigenvalue weighted by molar-refractivity contribution is 0.0943. The van der Waals surface area contributed by atoms with E-state index >= 15 is 0 Å². The third kappa shape index (κ3) is 4.67. The van der Waals surface area contributed by atoms with Crippen molar-refractivity contribution in [3.8, 4) is 5.75 Å². The number of piperazine rings is 1. The van der Waals surface area contributed by atoms with E-state index in [2.05, 4.69) is 45.2 Å². The van der Waals surface area contributed by atoms with Crippen molar-refractivity contribution in [1.82, 2.24) is 15.5 Å². The molecule has 0 unspecified atom stereocenters. The summed E-state index contributed by atoms with van der Waals surface area (Å²) in [6, 6.07) is 11.7. The van der Waals surface area contributed by atoms with Gasteiger partial charge >= 0.3 is 0 Å². The molecule has 0 radical (unpaired) electrons. The maximum atomic E-state index is 12.1. The van der Waals surface area contributed by atoms with Crippen LogP contribution < -0.4 is 19.9 Å². The smallest absolute Gasteiger partial charge is 0.271 e. The van der Waals surface area contributed by atoms with Crippen LogP contribution in [0.4, 0.5) is 11.5 Å². The van der Waals surface area contributed by atoms with Crippen LogP contribution >= 0.6 is 0 Å². The Labute approximate surface area is 160 Å². The van der Waals surface area contributed by atoms with Crippen molar-refractivity contribution >= 4 is 17.4 Å². The van der Waals surface area contributed by atoms with Crippen LogP contribution in [0.1, 0.15) is 24.3 Å². The summed E-state index contributed by atoms with van der Waals surface area (Å²) in [6.45, 7) is 8.17. The Bertz CT molecular complexity index is 755. The van der Waals surface area contributed by atoms with Crippen LogP contribution in [0.25, 0.3) is 0 Å². The number of nitrogens with one attached hydrogen (secondary N) is 1. The van der Waals surface area contributed by atoms with Crippen molar-refractivity contribution in [2.24, 2.45) is 5.92 Å². The van der Waals surface area contributed by atoms with Crippen LogP contribution in [0.2, 0.25) is 0 Å². The Morgan fingerprint density at radius 3 is 2.41 bits per heavy atom. The van der Waals surface area contributed by atoms with Gasteiger partial charge < -0.3 is 19.9 Å². The van der Waals surface area contributed by atoms with Gasteiger partial charge in [-0.25, -0.2) is 0 Å². The highest BCUT2D eigenvalue weighted by atomic mass is 16.5. The van der Waals surface area contributed by atoms with Gasteiger partial charge in [-0.15, -0.1) is 10.2 Å². The molecule has 0 aliphatic carbocycles. The summed E-state index contributed by atoms with van der Waals surface area (Å²) in [5, 5.41) is 11.2. The molecule has 3 rings (SSSR count). The zero-order chi connectivity index (χ0) is 19.2. The van der Waals surface area contributed by atoms with Gasteiger partial charge in [-0.3, -0.25) is 4.79 Å². The average molecular weight is 369 g/mol. The minimum Gasteiger partial charge on any atom is -0.495 e. The number of nitrogens with zero attached hydrogens (tertiary/aromatic N) is 4. The largest absolute Gasteiger partial charge is 0.495 e. The number of carbonyl (C=O) groups is 1. The number of methoxy groups -OCH3 is 1. The first kappa shape index (κ1) is 18.9. The van der Waals surface area contributed by atoms with Gasteiger partial charge in [0.1, 0.15) is 5.75 Å². The van der Waals surface area contributed by atoms with Gasteiger partial charge in [0.15, 0.2) is 11.5 Å². The van der Waals surface area contributed by atoms with E-state index in [9.17, 15) is 4.79 Å². The van der Waals surface area contributed by atoms with E-state index in [0.717, 1.165) is 43.4 Å². The molecule has 27 heavy (non-hydrogen) atoms. The monoisotopic (exact) mass is 369 g/mol. The molecule has 2 heterocycles. The molecule has 0 saturated carbocycles. The number of aromatic nitrogens is 2. The van der Waals surface area contributed by atoms with Gasteiger partial charge in [0, 0.05) is 32.7 Å². The quantitative estimate of drug-likeness (QED) is 0.842. The molecule has 1 aromatic heterocycles. The molecular weight excluding hydrogens is 342 g/mol. The first-order chi connectivity index (χ1) is 13.1. The van der Waals surface area contributed by atoms with Crippen LogP contribution in [-0.2, 0) is 0 Å². The van der Waals surface area contributed by atoms with Crippen LogP contribution in [0, 0.1) is 5.92 Å². The van der Waals surface area contributed by atoms with Crippen LogP contribution in [0.15, 0.2) is 36.4 Å². The Hall–Kier alpha value is -2.83. The molecule has 1 saturated heterocycles. The fraction of sp³-hybridized carbons (Fsp3) is 0.450. The van der Waals surface area contributed by atoms with Crippen LogP contribution in [-0.4, -0.2) is 55.9 Å². The van der Waals surface area contributed by atoms with Gasteiger partial charge in [-0.1, -0.05) is 26.0 Å². The summed E-state index contributed by atoms with van der Waals surface area (Å²) in [7, 11) is 1.70. The van der Waals surface area contributed by atoms with Crippen molar-refractivity contribution < 1.29 is 9.53 Å². The van der Waals surface area contributed by atoms with Crippen molar-refractivity contribution in [2.45, 2.75) is 13.8 Å². The van der Waals surface area contributed by atoms with Crippen LogP contribution in [0.3, 0.4) is 0 Å². The molecule has 0 bridgehead atoms. The topological polar surface area (TPSA) is 70.6 Å². The zero-order valence-electron chi connectivity index (χ0n) is 16.2. The summed E-state index contributed by atoms with van der Waals surface area (Å²) in [4.78, 5) is 16.6. The first-order valence-electron chi connectivity index (χ1n) is 9.33. The van der Waals surface area contributed by atoms with Gasteiger partial charge in [0.05, 0.1) is 12.8 Å². The lowest BCUT2D eigenvalue weighted by Gasteiger charge is -2.37. The maximum absolute atomic E-state index is 12.1. The van der Waals surface area contributed by atoms with E-state index < -0.39 is 0 Å². The molecule has 1 N–H and O–H groups in total. The number of anilines is 2. The summed E-state index contributed by atoms with van der Waals surface area (Å²) < 4.78 is 5.46. The molecule has 0 atom stereocenters. The van der Waals surface area contributed by atoms with E-state index in [0.29, 0.717) is 18.2 Å². The van der Waals surface area contributed by atoms with Gasteiger partial charge in [0.2, 0.25) is 0 Å². The third-order valence-electron chi connectivity index (χ3n) is 4.58. The van der Waals surface area contributed by atoms with E-state index in [1.807, 2.05) is 24.3 Å². The van der Waals surface area contributed by atoms with E-state index in [1.165, 1.54) is 0 Å². The van der Waals surface area contributed by atoms with Crippen molar-refractivity contribution in [3.63, 3.8) is 0 Å². The second-order valence-corrected chi connectivity index (χ2v) is 7.03. The lowest BCUT2D eigenvalue weighted by Crippen LogP contribution is -2.47. The highest BCUT2D eigenvalue weighted by molar-refractivity contribution is 5.92. The SMILES string of the molecule is COc1ccccc1N1CCN(c2ccc(C(=O)NCC(C)C)nn2)CC1. The Morgan fingerprint density at radius 2 is 1.78 bits per heavy atom. The van der Waals surface area contributed by atoms with Crippen molar-refractivity contribution in [3.05, 3.63) is 42.1 Å². The Morgan fingerprint density at radius 1 is 1.07 bits per heavy atom. The number of para-hydroxylation sites is 2. The van der Waals surface area contributed by atoms with E-state index in [-0.39, 0.29) is 5.91 Å². The normalized spacial score (nSPS) is 14.4. The number of hydrogen-bond acceptors (Lipinski definition) is 6. The second-order valence-electron chi connectivity index (χ2n) is 7.03. The predicted octanol–water partition coefficient (Wildman–Crippen LogP) is 2.20. The number of benzene rings is 1. The van der Waals surface area contributed by atoms with E-state index in [1.54, 1.807) is 13.2 Å². The van der Waals surface area contributed by atoms with Gasteiger partial charge in [0.25, 0.3) is 5.91 Å². The number of hydrogen-bond donors (Lipinski definition) is 1. The highest BCUT2D eigenvalue weighted by Crippen LogP contribution is 2.28. The molecule has 0 spiro atoms. The Balaban J connectivity index is 1.59. The Kier molecular flexibility index (Phi) is 6.11. The number of amides is 1. The number of carbonyl (C=O) groups excluding carboxylic acids is 1. The minimum absolute atomic E-state index is 0.177. The molecule has 144 valence electrons. The molecule has 1 aromatic carbocycles. The first-order valence-corrected chi connectivity index (χ1v) is 9.33. The summed E-state index contributed by atoms with van der Waals surface area (Å²) in [5.41, 5.74) is 1.47. The van der Waals surface area contributed by atoms with Gasteiger partial charge in [-0.05, 0) is 30.2 Å². The zero-order valence-corrected chi connectivity index (χ0v) is 16.2. The molecule has 1 amide bonds. The van der Waals surface area contributed by atoms with Crippen LogP contribution in [0.5, 0.6) is 5.75 Å². The summed E-state index contributed by atoms with van der Waals surface area (Å²) >= 11 is 0. The van der Waals surface area contributed by atoms with Crippen molar-refractivity contribution in [2.75, 3.05) is 49.6 Å². The fourth-order valence-corrected chi connectivity index (χ4v) is 3.07. The molecule has 1 aliphatic heterocycles. The second kappa shape index (κ2) is 8.70. The van der Waals surface area contributed by atoms with E-state index in [4.69, 9.17) is 4.74 Å². The predicted molar refractivity (Wildman–Crippen MR) is 107 cm³/mol. The van der Waals surface area contributed by atoms with Gasteiger partial charge in [-0.2, -0.15) is 0 Å². The highest BCUT2D eigenvalue weighted by Gasteiger charge is 2.21. The molecule has 2 aromatic rings. The minimum atomic E-state index is -0.177. The third-order valence-corrected chi connectivity index (χ3v) is 4.58. The van der Waals surface area contributed by atoms with Crippen molar-refractivity contribution in [1.29, 1.82) is 0 Å². The lowest BCUT2D eigenvalue weighted by atomic mass is 10.2. The molecule has 1 fully saturated rings. The average Bonchev–Trinajstić information content (AvgIpc) is 2.72. The molecule has 7 heteroatoms. The standard InChI is InChI=1S/C20H27N5O2/c1-15(2)14-21-20(26)16-8-9-19(23-22-16)25-12-10-24(11-13-25)17-6-4-5-7-18(17)27-3/h4-9,15H,10-14H2,1-3H3,(H,21,26). The molecule has 1 aliphatic rings. The molecule has 7 nitrogen and oxygen atoms in total. The number of rotatable bonds is 6. The fourth-order valence-electron chi connectivity index (χ4n) is 3.07. The summed E-state index contributed by atoms with van der Waals surface area (Å²) in [5.74, 6) is 1.92.